The first kappa shape index (κ1) is 18.4. The number of hydrogen-bond donors (Lipinski definition) is 1. The van der Waals surface area contributed by atoms with E-state index in [0.29, 0.717) is 6.61 Å². The molecule has 124 valence electrons. The predicted octanol–water partition coefficient (Wildman–Crippen LogP) is 1.81. The zero-order chi connectivity index (χ0) is 15.9. The SMILES string of the molecule is CCOC(=O)C(C)(CCCCN1CCOC(C)(C)C1)NC. The fourth-order valence-electron chi connectivity index (χ4n) is 2.74. The van der Waals surface area contributed by atoms with Crippen molar-refractivity contribution in [1.82, 2.24) is 10.2 Å². The molecule has 0 aromatic rings. The molecule has 0 aromatic carbocycles. The number of morpholine rings is 1. The van der Waals surface area contributed by atoms with E-state index in [4.69, 9.17) is 9.47 Å². The molecule has 0 aromatic heterocycles. The number of carbonyl (C=O) groups excluding carboxylic acids is 1. The number of unbranched alkanes of at least 4 members (excludes halogenated alkanes) is 1. The maximum atomic E-state index is 12.0. The van der Waals surface area contributed by atoms with E-state index in [2.05, 4.69) is 24.1 Å². The Labute approximate surface area is 129 Å². The smallest absolute Gasteiger partial charge is 0.326 e. The van der Waals surface area contributed by atoms with Crippen molar-refractivity contribution in [3.05, 3.63) is 0 Å². The van der Waals surface area contributed by atoms with Crippen LogP contribution < -0.4 is 5.32 Å². The summed E-state index contributed by atoms with van der Waals surface area (Å²) >= 11 is 0. The second-order valence-corrected chi connectivity index (χ2v) is 6.64. The van der Waals surface area contributed by atoms with Crippen LogP contribution in [0.4, 0.5) is 0 Å². The van der Waals surface area contributed by atoms with Crippen LogP contribution in [0.25, 0.3) is 0 Å². The van der Waals surface area contributed by atoms with Crippen LogP contribution in [0.1, 0.15) is 47.0 Å². The molecule has 0 bridgehead atoms. The van der Waals surface area contributed by atoms with Crippen molar-refractivity contribution in [2.24, 2.45) is 0 Å². The Morgan fingerprint density at radius 1 is 1.43 bits per heavy atom. The van der Waals surface area contributed by atoms with Gasteiger partial charge in [-0.05, 0) is 60.5 Å². The molecule has 1 aliphatic heterocycles. The van der Waals surface area contributed by atoms with Crippen molar-refractivity contribution < 1.29 is 14.3 Å². The van der Waals surface area contributed by atoms with Crippen molar-refractivity contribution in [1.29, 1.82) is 0 Å². The van der Waals surface area contributed by atoms with Gasteiger partial charge in [0.15, 0.2) is 0 Å². The van der Waals surface area contributed by atoms with Gasteiger partial charge in [0.05, 0.1) is 18.8 Å². The Morgan fingerprint density at radius 3 is 2.71 bits per heavy atom. The molecule has 0 aliphatic carbocycles. The molecular weight excluding hydrogens is 268 g/mol. The Balaban J connectivity index is 2.30. The minimum Gasteiger partial charge on any atom is -0.465 e. The highest BCUT2D eigenvalue weighted by molar-refractivity contribution is 5.80. The van der Waals surface area contributed by atoms with Gasteiger partial charge in [0.2, 0.25) is 0 Å². The maximum absolute atomic E-state index is 12.0. The minimum absolute atomic E-state index is 0.0390. The van der Waals surface area contributed by atoms with E-state index in [9.17, 15) is 4.79 Å². The molecule has 1 aliphatic rings. The van der Waals surface area contributed by atoms with E-state index in [1.54, 1.807) is 0 Å². The lowest BCUT2D eigenvalue weighted by atomic mass is 9.95. The van der Waals surface area contributed by atoms with E-state index in [1.165, 1.54) is 0 Å². The van der Waals surface area contributed by atoms with Crippen molar-refractivity contribution >= 4 is 5.97 Å². The van der Waals surface area contributed by atoms with Gasteiger partial charge < -0.3 is 14.8 Å². The van der Waals surface area contributed by atoms with Crippen LogP contribution in [0.15, 0.2) is 0 Å². The first-order valence-corrected chi connectivity index (χ1v) is 8.05. The molecule has 21 heavy (non-hydrogen) atoms. The van der Waals surface area contributed by atoms with Gasteiger partial charge in [-0.2, -0.15) is 0 Å². The quantitative estimate of drug-likeness (QED) is 0.547. The Bertz CT molecular complexity index is 333. The van der Waals surface area contributed by atoms with E-state index >= 15 is 0 Å². The van der Waals surface area contributed by atoms with Crippen molar-refractivity contribution in [2.75, 3.05) is 39.9 Å². The fraction of sp³-hybridized carbons (Fsp3) is 0.938. The number of esters is 1. The normalized spacial score (nSPS) is 21.8. The summed E-state index contributed by atoms with van der Waals surface area (Å²) in [5.41, 5.74) is -0.608. The highest BCUT2D eigenvalue weighted by Gasteiger charge is 2.32. The summed E-state index contributed by atoms with van der Waals surface area (Å²) in [6.07, 6.45) is 2.90. The van der Waals surface area contributed by atoms with E-state index < -0.39 is 5.54 Å². The zero-order valence-corrected chi connectivity index (χ0v) is 14.3. The van der Waals surface area contributed by atoms with Gasteiger partial charge in [-0.1, -0.05) is 0 Å². The van der Waals surface area contributed by atoms with Gasteiger partial charge in [0.1, 0.15) is 5.54 Å². The summed E-state index contributed by atoms with van der Waals surface area (Å²) in [5, 5.41) is 3.11. The van der Waals surface area contributed by atoms with Crippen LogP contribution in [0.5, 0.6) is 0 Å². The van der Waals surface area contributed by atoms with Gasteiger partial charge in [-0.15, -0.1) is 0 Å². The summed E-state index contributed by atoms with van der Waals surface area (Å²) in [7, 11) is 1.82. The monoisotopic (exact) mass is 300 g/mol. The highest BCUT2D eigenvalue weighted by atomic mass is 16.5. The molecule has 0 amide bonds. The molecule has 1 unspecified atom stereocenters. The van der Waals surface area contributed by atoms with E-state index in [1.807, 2.05) is 20.9 Å². The molecule has 5 nitrogen and oxygen atoms in total. The number of carbonyl (C=O) groups is 1. The Kier molecular flexibility index (Phi) is 7.10. The average molecular weight is 300 g/mol. The van der Waals surface area contributed by atoms with E-state index in [-0.39, 0.29) is 11.6 Å². The average Bonchev–Trinajstić information content (AvgIpc) is 2.42. The molecule has 1 atom stereocenters. The number of ether oxygens (including phenoxy) is 2. The summed E-state index contributed by atoms with van der Waals surface area (Å²) in [4.78, 5) is 14.4. The van der Waals surface area contributed by atoms with Gasteiger partial charge in [0.25, 0.3) is 0 Å². The third kappa shape index (κ3) is 5.93. The van der Waals surface area contributed by atoms with Gasteiger partial charge >= 0.3 is 5.97 Å². The lowest BCUT2D eigenvalue weighted by molar-refractivity contribution is -0.150. The number of nitrogens with one attached hydrogen (secondary N) is 1. The van der Waals surface area contributed by atoms with Gasteiger partial charge in [-0.25, -0.2) is 0 Å². The molecular formula is C16H32N2O3. The number of nitrogens with zero attached hydrogens (tertiary/aromatic N) is 1. The van der Waals surface area contributed by atoms with Crippen molar-refractivity contribution in [3.63, 3.8) is 0 Å². The van der Waals surface area contributed by atoms with Crippen LogP contribution in [0.3, 0.4) is 0 Å². The first-order chi connectivity index (χ1) is 9.83. The Morgan fingerprint density at radius 2 is 2.14 bits per heavy atom. The molecule has 1 rings (SSSR count). The zero-order valence-electron chi connectivity index (χ0n) is 14.3. The summed E-state index contributed by atoms with van der Waals surface area (Å²) in [5.74, 6) is -0.153. The van der Waals surface area contributed by atoms with Crippen LogP contribution in [-0.2, 0) is 14.3 Å². The second kappa shape index (κ2) is 8.11. The predicted molar refractivity (Wildman–Crippen MR) is 84.4 cm³/mol. The van der Waals surface area contributed by atoms with Crippen LogP contribution >= 0.6 is 0 Å². The van der Waals surface area contributed by atoms with Crippen molar-refractivity contribution in [3.8, 4) is 0 Å². The standard InChI is InChI=1S/C16H32N2O3/c1-6-20-14(19)16(4,17-5)9-7-8-10-18-11-12-21-15(2,3)13-18/h17H,6-13H2,1-5H3. The molecule has 0 saturated carbocycles. The molecule has 1 N–H and O–H groups in total. The first-order valence-electron chi connectivity index (χ1n) is 8.05. The fourth-order valence-corrected chi connectivity index (χ4v) is 2.74. The van der Waals surface area contributed by atoms with Gasteiger partial charge in [0, 0.05) is 13.1 Å². The topological polar surface area (TPSA) is 50.8 Å². The van der Waals surface area contributed by atoms with Gasteiger partial charge in [-0.3, -0.25) is 9.69 Å². The molecule has 1 fully saturated rings. The second-order valence-electron chi connectivity index (χ2n) is 6.64. The molecule has 0 spiro atoms. The lowest BCUT2D eigenvalue weighted by Crippen LogP contribution is -2.49. The third-order valence-electron chi connectivity index (χ3n) is 4.18. The summed E-state index contributed by atoms with van der Waals surface area (Å²) in [6, 6.07) is 0. The summed E-state index contributed by atoms with van der Waals surface area (Å²) in [6.45, 7) is 12.3. The minimum atomic E-state index is -0.569. The highest BCUT2D eigenvalue weighted by Crippen LogP contribution is 2.19. The van der Waals surface area contributed by atoms with E-state index in [0.717, 1.165) is 45.5 Å². The third-order valence-corrected chi connectivity index (χ3v) is 4.18. The lowest BCUT2D eigenvalue weighted by Gasteiger charge is -2.38. The summed E-state index contributed by atoms with van der Waals surface area (Å²) < 4.78 is 10.9. The number of rotatable bonds is 8. The van der Waals surface area contributed by atoms with Crippen molar-refractivity contribution in [2.45, 2.75) is 58.1 Å². The largest absolute Gasteiger partial charge is 0.465 e. The molecule has 1 saturated heterocycles. The molecule has 1 heterocycles. The molecule has 5 heteroatoms. The number of likely N-dealkylation sites (N-methyl/N-ethyl adjacent to an activating group) is 1. The van der Waals surface area contributed by atoms with Crippen LogP contribution in [0, 0.1) is 0 Å². The van der Waals surface area contributed by atoms with Crippen LogP contribution in [0.2, 0.25) is 0 Å². The Hall–Kier alpha value is -0.650. The maximum Gasteiger partial charge on any atom is 0.326 e. The number of hydrogen-bond acceptors (Lipinski definition) is 5. The van der Waals surface area contributed by atoms with Crippen LogP contribution in [-0.4, -0.2) is 61.9 Å². The molecule has 0 radical (unpaired) electrons.